The molecule has 2 aromatic carbocycles. The van der Waals surface area contributed by atoms with Gasteiger partial charge in [-0.15, -0.1) is 0 Å². The van der Waals surface area contributed by atoms with Gasteiger partial charge in [-0.05, 0) is 43.5 Å². The largest absolute Gasteiger partial charge is 0.497 e. The summed E-state index contributed by atoms with van der Waals surface area (Å²) in [6, 6.07) is 13.3. The van der Waals surface area contributed by atoms with E-state index in [1.54, 1.807) is 20.3 Å². The van der Waals surface area contributed by atoms with E-state index in [1.165, 1.54) is 0 Å². The summed E-state index contributed by atoms with van der Waals surface area (Å²) < 4.78 is 16.2. The van der Waals surface area contributed by atoms with Gasteiger partial charge in [-0.3, -0.25) is 4.79 Å². The first-order valence-electron chi connectivity index (χ1n) is 9.99. The Bertz CT molecular complexity index is 1020. The van der Waals surface area contributed by atoms with Crippen LogP contribution in [0, 0.1) is 6.92 Å². The molecular formula is C23H25N3O4. The van der Waals surface area contributed by atoms with E-state index in [9.17, 15) is 4.79 Å². The van der Waals surface area contributed by atoms with Gasteiger partial charge in [0.2, 0.25) is 17.6 Å². The van der Waals surface area contributed by atoms with Crippen molar-refractivity contribution in [3.05, 3.63) is 59.5 Å². The number of amides is 1. The van der Waals surface area contributed by atoms with Gasteiger partial charge in [0.05, 0.1) is 20.6 Å². The SMILES string of the molecule is COc1cc(CC(=O)N2CCC[C@@H]2c2nc(-c3cccc(C)c3)no2)cc(OC)c1. The van der Waals surface area contributed by atoms with E-state index in [4.69, 9.17) is 14.0 Å². The van der Waals surface area contributed by atoms with Gasteiger partial charge in [-0.25, -0.2) is 0 Å². The molecule has 1 amide bonds. The molecule has 0 unspecified atom stereocenters. The number of aromatic nitrogens is 2. The Morgan fingerprint density at radius 1 is 1.17 bits per heavy atom. The van der Waals surface area contributed by atoms with Crippen molar-refractivity contribution in [3.63, 3.8) is 0 Å². The highest BCUT2D eigenvalue weighted by molar-refractivity contribution is 5.79. The summed E-state index contributed by atoms with van der Waals surface area (Å²) in [5.41, 5.74) is 2.88. The van der Waals surface area contributed by atoms with E-state index in [-0.39, 0.29) is 18.4 Å². The molecule has 7 heteroatoms. The highest BCUT2D eigenvalue weighted by Crippen LogP contribution is 2.33. The Morgan fingerprint density at radius 2 is 1.93 bits per heavy atom. The fraction of sp³-hybridized carbons (Fsp3) is 0.348. The second-order valence-electron chi connectivity index (χ2n) is 7.47. The molecule has 0 saturated carbocycles. The molecule has 1 atom stereocenters. The van der Waals surface area contributed by atoms with Gasteiger partial charge in [-0.1, -0.05) is 28.9 Å². The molecule has 0 N–H and O–H groups in total. The van der Waals surface area contributed by atoms with Crippen molar-refractivity contribution in [1.82, 2.24) is 15.0 Å². The van der Waals surface area contributed by atoms with E-state index in [1.807, 2.05) is 48.2 Å². The van der Waals surface area contributed by atoms with E-state index in [2.05, 4.69) is 10.1 Å². The van der Waals surface area contributed by atoms with Crippen molar-refractivity contribution in [2.24, 2.45) is 0 Å². The molecule has 3 aromatic rings. The van der Waals surface area contributed by atoms with Crippen LogP contribution in [0.1, 0.15) is 35.9 Å². The lowest BCUT2D eigenvalue weighted by atomic mass is 10.1. The topological polar surface area (TPSA) is 77.7 Å². The number of carbonyl (C=O) groups excluding carboxylic acids is 1. The molecule has 4 rings (SSSR count). The van der Waals surface area contributed by atoms with Crippen LogP contribution in [0.4, 0.5) is 0 Å². The summed E-state index contributed by atoms with van der Waals surface area (Å²) in [5.74, 6) is 2.37. The minimum atomic E-state index is -0.198. The van der Waals surface area contributed by atoms with E-state index in [0.717, 1.165) is 29.5 Å². The maximum atomic E-state index is 13.1. The van der Waals surface area contributed by atoms with Crippen LogP contribution in [0.2, 0.25) is 0 Å². The molecule has 30 heavy (non-hydrogen) atoms. The quantitative estimate of drug-likeness (QED) is 0.615. The molecule has 1 saturated heterocycles. The van der Waals surface area contributed by atoms with Crippen LogP contribution in [0.15, 0.2) is 47.0 Å². The van der Waals surface area contributed by atoms with Gasteiger partial charge in [0.1, 0.15) is 17.5 Å². The summed E-state index contributed by atoms with van der Waals surface area (Å²) in [7, 11) is 3.19. The second kappa shape index (κ2) is 8.57. The smallest absolute Gasteiger partial charge is 0.249 e. The Kier molecular flexibility index (Phi) is 5.70. The lowest BCUT2D eigenvalue weighted by Crippen LogP contribution is -2.32. The van der Waals surface area contributed by atoms with Gasteiger partial charge < -0.3 is 18.9 Å². The lowest BCUT2D eigenvalue weighted by Gasteiger charge is -2.22. The third kappa shape index (κ3) is 4.15. The molecule has 0 radical (unpaired) electrons. The summed E-state index contributed by atoms with van der Waals surface area (Å²) in [4.78, 5) is 19.5. The molecule has 1 fully saturated rings. The zero-order valence-electron chi connectivity index (χ0n) is 17.4. The standard InChI is InChI=1S/C23H25N3O4/c1-15-6-4-7-17(10-15)22-24-23(30-25-22)20-8-5-9-26(20)21(27)13-16-11-18(28-2)14-19(12-16)29-3/h4,6-7,10-12,14,20H,5,8-9,13H2,1-3H3/t20-/m1/s1. The zero-order chi connectivity index (χ0) is 21.1. The third-order valence-electron chi connectivity index (χ3n) is 5.34. The minimum Gasteiger partial charge on any atom is -0.497 e. The number of likely N-dealkylation sites (tertiary alicyclic amines) is 1. The van der Waals surface area contributed by atoms with Crippen LogP contribution >= 0.6 is 0 Å². The molecule has 156 valence electrons. The molecule has 0 spiro atoms. The number of benzene rings is 2. The first-order valence-corrected chi connectivity index (χ1v) is 9.99. The second-order valence-corrected chi connectivity index (χ2v) is 7.47. The average Bonchev–Trinajstić information content (AvgIpc) is 3.43. The van der Waals surface area contributed by atoms with Gasteiger partial charge in [0.15, 0.2) is 0 Å². The number of hydrogen-bond acceptors (Lipinski definition) is 6. The molecule has 1 aliphatic heterocycles. The summed E-state index contributed by atoms with van der Waals surface area (Å²) >= 11 is 0. The predicted octanol–water partition coefficient (Wildman–Crippen LogP) is 3.97. The molecule has 0 bridgehead atoms. The Hall–Kier alpha value is -3.35. The minimum absolute atomic E-state index is 0.0168. The van der Waals surface area contributed by atoms with Crippen LogP contribution in [-0.2, 0) is 11.2 Å². The normalized spacial score (nSPS) is 16.0. The number of ether oxygens (including phenoxy) is 2. The fourth-order valence-electron chi connectivity index (χ4n) is 3.84. The van der Waals surface area contributed by atoms with E-state index in [0.29, 0.717) is 29.8 Å². The first kappa shape index (κ1) is 19.9. The number of hydrogen-bond donors (Lipinski definition) is 0. The molecular weight excluding hydrogens is 382 g/mol. The van der Waals surface area contributed by atoms with Crippen LogP contribution in [0.5, 0.6) is 11.5 Å². The summed E-state index contributed by atoms with van der Waals surface area (Å²) in [6.07, 6.45) is 1.96. The van der Waals surface area contributed by atoms with Crippen LogP contribution in [0.25, 0.3) is 11.4 Å². The van der Waals surface area contributed by atoms with Crippen molar-refractivity contribution in [2.45, 2.75) is 32.2 Å². The first-order chi connectivity index (χ1) is 14.6. The van der Waals surface area contributed by atoms with Crippen molar-refractivity contribution in [1.29, 1.82) is 0 Å². The van der Waals surface area contributed by atoms with Gasteiger partial charge in [0, 0.05) is 18.2 Å². The van der Waals surface area contributed by atoms with Gasteiger partial charge in [0.25, 0.3) is 0 Å². The number of carbonyl (C=O) groups is 1. The van der Waals surface area contributed by atoms with Crippen molar-refractivity contribution >= 4 is 5.91 Å². The third-order valence-corrected chi connectivity index (χ3v) is 5.34. The summed E-state index contributed by atoms with van der Waals surface area (Å²) in [5, 5.41) is 4.14. The maximum Gasteiger partial charge on any atom is 0.249 e. The monoisotopic (exact) mass is 407 g/mol. The Balaban J connectivity index is 1.52. The number of aryl methyl sites for hydroxylation is 1. The molecule has 1 aliphatic rings. The number of nitrogens with zero attached hydrogens (tertiary/aromatic N) is 3. The Morgan fingerprint density at radius 3 is 2.63 bits per heavy atom. The van der Waals surface area contributed by atoms with Gasteiger partial charge in [-0.2, -0.15) is 4.98 Å². The van der Waals surface area contributed by atoms with E-state index >= 15 is 0 Å². The van der Waals surface area contributed by atoms with Gasteiger partial charge >= 0.3 is 0 Å². The van der Waals surface area contributed by atoms with Crippen LogP contribution < -0.4 is 9.47 Å². The van der Waals surface area contributed by atoms with Crippen molar-refractivity contribution < 1.29 is 18.8 Å². The number of rotatable bonds is 6. The van der Waals surface area contributed by atoms with Crippen molar-refractivity contribution in [2.75, 3.05) is 20.8 Å². The number of methoxy groups -OCH3 is 2. The molecule has 7 nitrogen and oxygen atoms in total. The molecule has 2 heterocycles. The van der Waals surface area contributed by atoms with Crippen LogP contribution in [-0.4, -0.2) is 41.7 Å². The fourth-order valence-corrected chi connectivity index (χ4v) is 3.84. The lowest BCUT2D eigenvalue weighted by molar-refractivity contribution is -0.131. The zero-order valence-corrected chi connectivity index (χ0v) is 17.4. The highest BCUT2D eigenvalue weighted by atomic mass is 16.5. The van der Waals surface area contributed by atoms with E-state index < -0.39 is 0 Å². The molecule has 1 aromatic heterocycles. The highest BCUT2D eigenvalue weighted by Gasteiger charge is 2.34. The van der Waals surface area contributed by atoms with Crippen LogP contribution in [0.3, 0.4) is 0 Å². The molecule has 0 aliphatic carbocycles. The Labute approximate surface area is 175 Å². The maximum absolute atomic E-state index is 13.1. The van der Waals surface area contributed by atoms with Crippen molar-refractivity contribution in [3.8, 4) is 22.9 Å². The average molecular weight is 407 g/mol. The summed E-state index contributed by atoms with van der Waals surface area (Å²) in [6.45, 7) is 2.70. The predicted molar refractivity (Wildman–Crippen MR) is 111 cm³/mol.